The molecule has 16 N–H and O–H groups in total. The van der Waals surface area contributed by atoms with Crippen LogP contribution in [0.2, 0.25) is 0 Å². The number of anilines is 1. The predicted octanol–water partition coefficient (Wildman–Crippen LogP) is -6.64. The van der Waals surface area contributed by atoms with Crippen molar-refractivity contribution in [2.75, 3.05) is 104 Å². The topological polar surface area (TPSA) is 505 Å². The van der Waals surface area contributed by atoms with E-state index in [0.717, 1.165) is 0 Å². The van der Waals surface area contributed by atoms with E-state index in [1.54, 1.807) is 13.8 Å². The minimum atomic E-state index is -4.86. The van der Waals surface area contributed by atoms with Crippen LogP contribution in [0.25, 0.3) is 0 Å². The van der Waals surface area contributed by atoms with E-state index in [4.69, 9.17) is 32.9 Å². The molecule has 13 atom stereocenters. The molecule has 0 aliphatic carbocycles. The first-order valence-corrected chi connectivity index (χ1v) is 28.9. The highest BCUT2D eigenvalue weighted by atomic mass is 31.2. The van der Waals surface area contributed by atoms with Gasteiger partial charge in [0.15, 0.2) is 12.6 Å². The summed E-state index contributed by atoms with van der Waals surface area (Å²) >= 11 is 0. The van der Waals surface area contributed by atoms with Gasteiger partial charge in [-0.15, -0.1) is 0 Å². The van der Waals surface area contributed by atoms with E-state index >= 15 is 0 Å². The zero-order valence-electron chi connectivity index (χ0n) is 48.0. The summed E-state index contributed by atoms with van der Waals surface area (Å²) in [6, 6.07) is 0.173. The van der Waals surface area contributed by atoms with E-state index in [-0.39, 0.29) is 108 Å². The van der Waals surface area contributed by atoms with Crippen molar-refractivity contribution in [3.8, 4) is 0 Å². The normalized spacial score (nSPS) is 26.8. The number of hydrogen-bond donors (Lipinski definition) is 16. The second-order valence-electron chi connectivity index (χ2n) is 21.1. The predicted molar refractivity (Wildman–Crippen MR) is 291 cm³/mol. The van der Waals surface area contributed by atoms with Gasteiger partial charge in [-0.3, -0.25) is 42.9 Å². The largest absolute Gasteiger partial charge is 0.469 e. The van der Waals surface area contributed by atoms with Crippen LogP contribution in [0.3, 0.4) is 0 Å². The molecule has 1 aromatic carbocycles. The van der Waals surface area contributed by atoms with Crippen molar-refractivity contribution in [3.63, 3.8) is 0 Å². The van der Waals surface area contributed by atoms with Crippen LogP contribution in [-0.4, -0.2) is 270 Å². The van der Waals surface area contributed by atoms with Gasteiger partial charge < -0.3 is 121 Å². The van der Waals surface area contributed by atoms with Crippen LogP contribution in [0.4, 0.5) is 5.69 Å². The van der Waals surface area contributed by atoms with Gasteiger partial charge in [-0.2, -0.15) is 0 Å². The van der Waals surface area contributed by atoms with Crippen molar-refractivity contribution >= 4 is 67.1 Å². The molecule has 0 saturated carbocycles. The van der Waals surface area contributed by atoms with Gasteiger partial charge in [-0.1, -0.05) is 13.8 Å². The summed E-state index contributed by atoms with van der Waals surface area (Å²) in [7, 11) is -4.86. The third-order valence-electron chi connectivity index (χ3n) is 14.3. The molecule has 0 bridgehead atoms. The molecule has 34 nitrogen and oxygen atoms in total. The molecule has 3 fully saturated rings. The molecule has 8 amide bonds. The van der Waals surface area contributed by atoms with E-state index in [9.17, 15) is 93.2 Å². The quantitative estimate of drug-likeness (QED) is 0.0171. The number of carbonyl (C=O) groups excluding carboxylic acids is 9. The first kappa shape index (κ1) is 72.7. The number of aliphatic hydroxyl groups excluding tert-OH is 7. The fraction of sp³-hybridized carbons (Fsp3) is 0.706. The molecular weight excluding hydrogens is 1170 g/mol. The third kappa shape index (κ3) is 22.4. The smallest absolute Gasteiger partial charge is 0.396 e. The van der Waals surface area contributed by atoms with Crippen LogP contribution in [0.5, 0.6) is 0 Å². The van der Waals surface area contributed by atoms with Crippen molar-refractivity contribution in [3.05, 3.63) is 29.3 Å². The Kier molecular flexibility index (Phi) is 29.3. The second-order valence-corrected chi connectivity index (χ2v) is 22.3. The summed E-state index contributed by atoms with van der Waals surface area (Å²) in [6.45, 7) is 1.90. The molecule has 0 radical (unpaired) electrons. The zero-order chi connectivity index (χ0) is 63.9. The average Bonchev–Trinajstić information content (AvgIpc) is 2.78. The van der Waals surface area contributed by atoms with E-state index < -0.39 is 166 Å². The van der Waals surface area contributed by atoms with Crippen LogP contribution >= 0.6 is 7.82 Å². The van der Waals surface area contributed by atoms with Gasteiger partial charge in [0, 0.05) is 86.9 Å². The molecule has 3 aliphatic rings. The summed E-state index contributed by atoms with van der Waals surface area (Å²) in [4.78, 5) is 134. The van der Waals surface area contributed by atoms with Gasteiger partial charge in [0.2, 0.25) is 35.4 Å². The summed E-state index contributed by atoms with van der Waals surface area (Å²) in [6.07, 6.45) is -11.9. The molecule has 3 heterocycles. The fourth-order valence-electron chi connectivity index (χ4n) is 9.25. The van der Waals surface area contributed by atoms with E-state index in [1.807, 2.05) is 0 Å². The number of ether oxygens (including phenoxy) is 6. The van der Waals surface area contributed by atoms with Gasteiger partial charge in [0.1, 0.15) is 55.0 Å². The lowest BCUT2D eigenvalue weighted by molar-refractivity contribution is -0.272. The van der Waals surface area contributed by atoms with Gasteiger partial charge in [0.05, 0.1) is 78.7 Å². The molecule has 1 aromatic rings. The Bertz CT molecular complexity index is 2420. The highest BCUT2D eigenvalue weighted by Gasteiger charge is 2.54. The number of aldehydes is 1. The molecule has 86 heavy (non-hydrogen) atoms. The lowest BCUT2D eigenvalue weighted by Crippen LogP contribution is -2.64. The standard InChI is InChI=1S/C51H81N8O26P/c1-28(64)55-40-44(72)42(70)34(22-61)84-48(40)81-15-13-79-11-9-52-46(74)30-17-31(47(75)53-10-12-80-14-16-82-49-41(56-29(2)65)45(73)43(71)35(23-62)85-49)19-33(18-30)58-38(68)20-54-36(66)6-5-32(21-60)57-37(67)7-8-39(69)59-24-50(3,26-63)51(4,25-59)27-83-86(76,77)78/h17-19,21,32,34-35,40-45,48-49,61-63,70-73H,5-16,20,22-27H2,1-4H3,(H,52,74)(H,53,75)(H,54,66)(H,55,64)(H,56,65)(H,57,67)(H,58,68)(H2,76,77,78)/t32-,34+,35+,40+,41+,42-,43-,44+,45+,48?,49?,50-,51+/m0/s1. The number of amides is 8. The number of rotatable bonds is 35. The maximum atomic E-state index is 13.5. The monoisotopic (exact) mass is 1250 g/mol. The summed E-state index contributed by atoms with van der Waals surface area (Å²) < 4.78 is 49.3. The van der Waals surface area contributed by atoms with Gasteiger partial charge >= 0.3 is 7.82 Å². The van der Waals surface area contributed by atoms with Gasteiger partial charge in [0.25, 0.3) is 11.8 Å². The number of benzene rings is 1. The van der Waals surface area contributed by atoms with Crippen LogP contribution in [0, 0.1) is 10.8 Å². The van der Waals surface area contributed by atoms with Crippen molar-refractivity contribution in [1.29, 1.82) is 0 Å². The number of nitrogens with one attached hydrogen (secondary N) is 7. The lowest BCUT2D eigenvalue weighted by Gasteiger charge is -2.42. The number of carbonyl (C=O) groups is 9. The number of aliphatic hydroxyl groups is 7. The Balaban J connectivity index is 1.29. The maximum absolute atomic E-state index is 13.5. The molecule has 0 spiro atoms. The number of nitrogens with zero attached hydrogens (tertiary/aromatic N) is 1. The number of phosphoric ester groups is 1. The number of phosphoric acid groups is 1. The first-order valence-electron chi connectivity index (χ1n) is 27.4. The summed E-state index contributed by atoms with van der Waals surface area (Å²) in [5.41, 5.74) is -2.34. The van der Waals surface area contributed by atoms with Crippen molar-refractivity contribution in [2.24, 2.45) is 10.8 Å². The number of hydrogen-bond acceptors (Lipinski definition) is 24. The fourth-order valence-corrected chi connectivity index (χ4v) is 9.70. The molecule has 486 valence electrons. The van der Waals surface area contributed by atoms with E-state index in [1.165, 1.54) is 36.9 Å². The summed E-state index contributed by atoms with van der Waals surface area (Å²) in [5, 5.41) is 88.0. The lowest BCUT2D eigenvalue weighted by atomic mass is 9.69. The van der Waals surface area contributed by atoms with Crippen LogP contribution in [0.1, 0.15) is 74.1 Å². The number of likely N-dealkylation sites (tertiary alicyclic amines) is 1. The molecular formula is C51H81N8O26P. The molecule has 2 unspecified atom stereocenters. The third-order valence-corrected chi connectivity index (χ3v) is 14.8. The van der Waals surface area contributed by atoms with Crippen molar-refractivity contribution in [1.82, 2.24) is 36.8 Å². The van der Waals surface area contributed by atoms with Crippen molar-refractivity contribution in [2.45, 2.75) is 121 Å². The van der Waals surface area contributed by atoms with E-state index in [2.05, 4.69) is 37.2 Å². The Morgan fingerprint density at radius 2 is 1.17 bits per heavy atom. The summed E-state index contributed by atoms with van der Waals surface area (Å²) in [5.74, 6) is -5.29. The van der Waals surface area contributed by atoms with Gasteiger partial charge in [-0.05, 0) is 24.6 Å². The highest BCUT2D eigenvalue weighted by Crippen LogP contribution is 2.49. The zero-order valence-corrected chi connectivity index (χ0v) is 48.8. The van der Waals surface area contributed by atoms with Crippen LogP contribution < -0.4 is 37.2 Å². The minimum Gasteiger partial charge on any atom is -0.396 e. The Labute approximate surface area is 493 Å². The molecule has 3 saturated heterocycles. The maximum Gasteiger partial charge on any atom is 0.469 e. The van der Waals surface area contributed by atoms with Crippen LogP contribution in [0.15, 0.2) is 18.2 Å². The molecule has 3 aliphatic heterocycles. The van der Waals surface area contributed by atoms with Crippen LogP contribution in [-0.2, 0) is 71.1 Å². The Morgan fingerprint density at radius 3 is 1.63 bits per heavy atom. The second kappa shape index (κ2) is 34.7. The molecule has 0 aromatic heterocycles. The Hall–Kier alpha value is -5.76. The van der Waals surface area contributed by atoms with E-state index in [0.29, 0.717) is 6.29 Å². The SMILES string of the molecule is CC(=O)N[C@H]1C(OCCOCCNC(=O)c2cc(NC(=O)CNC(=O)CC[C@@H](C=O)NC(=O)CCC(=O)N3C[C@](C)(COP(=O)(O)O)[C@](C)(CO)C3)cc(C(=O)NCCOCCOC3O[C@H](CO)[C@H](O)[C@H](O)[C@H]3NC(C)=O)c2)O[C@H](CO)[C@H](O)[C@@H]1O. The minimum absolute atomic E-state index is 0.00577. The molecule has 35 heteroatoms. The molecule has 4 rings (SSSR count). The highest BCUT2D eigenvalue weighted by molar-refractivity contribution is 7.46. The van der Waals surface area contributed by atoms with Gasteiger partial charge in [-0.25, -0.2) is 4.57 Å². The average molecular weight is 1250 g/mol. The first-order chi connectivity index (χ1) is 40.6. The van der Waals surface area contributed by atoms with Crippen molar-refractivity contribution < 1.29 is 126 Å². The Morgan fingerprint density at radius 1 is 0.674 bits per heavy atom.